The van der Waals surface area contributed by atoms with Crippen molar-refractivity contribution in [2.75, 3.05) is 18.8 Å². The number of piperidine rings is 1. The van der Waals surface area contributed by atoms with Crippen LogP contribution in [0.25, 0.3) is 21.7 Å². The molecular formula is C21H23N3O2S. The third-order valence-electron chi connectivity index (χ3n) is 5.24. The molecule has 0 aliphatic carbocycles. The van der Waals surface area contributed by atoms with Gasteiger partial charge >= 0.3 is 0 Å². The Kier molecular flexibility index (Phi) is 4.91. The van der Waals surface area contributed by atoms with E-state index in [0.29, 0.717) is 27.7 Å². The van der Waals surface area contributed by atoms with Gasteiger partial charge in [-0.3, -0.25) is 14.2 Å². The fourth-order valence-corrected chi connectivity index (χ4v) is 4.57. The van der Waals surface area contributed by atoms with Crippen LogP contribution >= 0.6 is 11.8 Å². The molecule has 0 radical (unpaired) electrons. The maximum absolute atomic E-state index is 12.8. The van der Waals surface area contributed by atoms with Crippen LogP contribution in [0, 0.1) is 5.92 Å². The van der Waals surface area contributed by atoms with E-state index < -0.39 is 0 Å². The third kappa shape index (κ3) is 3.58. The number of hydrogen-bond donors (Lipinski definition) is 0. The largest absolute Gasteiger partial charge is 0.342 e. The summed E-state index contributed by atoms with van der Waals surface area (Å²) in [4.78, 5) is 31.9. The van der Waals surface area contributed by atoms with Gasteiger partial charge in [0.25, 0.3) is 5.56 Å². The molecule has 5 nitrogen and oxygen atoms in total. The molecule has 1 atom stereocenters. The summed E-state index contributed by atoms with van der Waals surface area (Å²) in [5.74, 6) is 0.995. The Balaban J connectivity index is 1.61. The van der Waals surface area contributed by atoms with Crippen LogP contribution in [0.2, 0.25) is 0 Å². The molecule has 4 rings (SSSR count). The van der Waals surface area contributed by atoms with Crippen LogP contribution in [-0.2, 0) is 11.8 Å². The molecule has 140 valence electrons. The van der Waals surface area contributed by atoms with Crippen molar-refractivity contribution in [3.05, 3.63) is 46.8 Å². The lowest BCUT2D eigenvalue weighted by atomic mass is 10.0. The normalized spacial score (nSPS) is 17.6. The lowest BCUT2D eigenvalue weighted by molar-refractivity contribution is -0.130. The lowest BCUT2D eigenvalue weighted by Gasteiger charge is -2.30. The van der Waals surface area contributed by atoms with E-state index in [4.69, 9.17) is 0 Å². The van der Waals surface area contributed by atoms with E-state index in [0.717, 1.165) is 30.3 Å². The van der Waals surface area contributed by atoms with Crippen molar-refractivity contribution in [1.82, 2.24) is 14.5 Å². The number of thioether (sulfide) groups is 1. The number of fused-ring (bicyclic) bond motifs is 2. The average Bonchev–Trinajstić information content (AvgIpc) is 2.68. The highest BCUT2D eigenvalue weighted by Crippen LogP contribution is 2.23. The van der Waals surface area contributed by atoms with Crippen molar-refractivity contribution in [2.24, 2.45) is 13.0 Å². The summed E-state index contributed by atoms with van der Waals surface area (Å²) in [7, 11) is 1.72. The molecule has 2 heterocycles. The molecule has 1 aliphatic rings. The third-order valence-corrected chi connectivity index (χ3v) is 6.25. The first kappa shape index (κ1) is 18.0. The second kappa shape index (κ2) is 7.35. The number of amides is 1. The van der Waals surface area contributed by atoms with E-state index in [1.807, 2.05) is 41.3 Å². The Morgan fingerprint density at radius 2 is 2.00 bits per heavy atom. The van der Waals surface area contributed by atoms with Gasteiger partial charge in [-0.05, 0) is 41.7 Å². The quantitative estimate of drug-likeness (QED) is 0.396. The first-order chi connectivity index (χ1) is 13.0. The number of aromatic nitrogens is 2. The highest BCUT2D eigenvalue weighted by Gasteiger charge is 2.21. The Hall–Kier alpha value is -2.34. The smallest absolute Gasteiger partial charge is 0.261 e. The van der Waals surface area contributed by atoms with E-state index in [1.54, 1.807) is 11.6 Å². The van der Waals surface area contributed by atoms with Gasteiger partial charge in [-0.15, -0.1) is 0 Å². The number of carbonyl (C=O) groups is 1. The van der Waals surface area contributed by atoms with Crippen LogP contribution in [-0.4, -0.2) is 39.2 Å². The van der Waals surface area contributed by atoms with Gasteiger partial charge in [-0.25, -0.2) is 4.98 Å². The zero-order chi connectivity index (χ0) is 19.0. The van der Waals surface area contributed by atoms with Gasteiger partial charge in [0.15, 0.2) is 5.16 Å². The van der Waals surface area contributed by atoms with Crippen molar-refractivity contribution < 1.29 is 4.79 Å². The second-order valence-corrected chi connectivity index (χ2v) is 8.29. The minimum absolute atomic E-state index is 0.0766. The van der Waals surface area contributed by atoms with Gasteiger partial charge in [0, 0.05) is 20.1 Å². The van der Waals surface area contributed by atoms with Crippen LogP contribution in [0.15, 0.2) is 46.3 Å². The summed E-state index contributed by atoms with van der Waals surface area (Å²) in [6.45, 7) is 3.85. The zero-order valence-corrected chi connectivity index (χ0v) is 16.5. The highest BCUT2D eigenvalue weighted by molar-refractivity contribution is 7.99. The van der Waals surface area contributed by atoms with Gasteiger partial charge in [0.2, 0.25) is 5.91 Å². The number of benzene rings is 2. The fraction of sp³-hybridized carbons (Fsp3) is 0.381. The maximum Gasteiger partial charge on any atom is 0.261 e. The van der Waals surface area contributed by atoms with Crippen LogP contribution in [0.4, 0.5) is 0 Å². The first-order valence-corrected chi connectivity index (χ1v) is 10.3. The van der Waals surface area contributed by atoms with E-state index >= 15 is 0 Å². The Morgan fingerprint density at radius 3 is 2.74 bits per heavy atom. The minimum atomic E-state index is -0.0766. The van der Waals surface area contributed by atoms with Gasteiger partial charge in [0.1, 0.15) is 0 Å². The molecule has 6 heteroatoms. The van der Waals surface area contributed by atoms with E-state index in [9.17, 15) is 9.59 Å². The molecule has 0 N–H and O–H groups in total. The molecule has 1 amide bonds. The minimum Gasteiger partial charge on any atom is -0.342 e. The molecule has 1 aromatic heterocycles. The standard InChI is InChI=1S/C21H23N3O2S/c1-14-6-5-9-24(12-14)19(25)13-27-21-22-18-11-16-8-4-3-7-15(16)10-17(18)20(26)23(21)2/h3-4,7-8,10-11,14H,5-6,9,12-13H2,1-2H3/t14-/m0/s1. The van der Waals surface area contributed by atoms with Gasteiger partial charge < -0.3 is 4.90 Å². The Morgan fingerprint density at radius 1 is 1.26 bits per heavy atom. The van der Waals surface area contributed by atoms with Crippen molar-refractivity contribution in [1.29, 1.82) is 0 Å². The number of rotatable bonds is 3. The summed E-state index contributed by atoms with van der Waals surface area (Å²) in [5.41, 5.74) is 0.602. The number of likely N-dealkylation sites (tertiary alicyclic amines) is 1. The van der Waals surface area contributed by atoms with Gasteiger partial charge in [0.05, 0.1) is 16.7 Å². The van der Waals surface area contributed by atoms with Crippen LogP contribution in [0.5, 0.6) is 0 Å². The summed E-state index contributed by atoms with van der Waals surface area (Å²) >= 11 is 1.35. The maximum atomic E-state index is 12.8. The molecular weight excluding hydrogens is 358 g/mol. The first-order valence-electron chi connectivity index (χ1n) is 9.33. The number of nitrogens with zero attached hydrogens (tertiary/aromatic N) is 3. The molecule has 27 heavy (non-hydrogen) atoms. The SMILES string of the molecule is C[C@H]1CCCN(C(=O)CSc2nc3cc4ccccc4cc3c(=O)n2C)C1. The predicted molar refractivity (Wildman–Crippen MR) is 110 cm³/mol. The van der Waals surface area contributed by atoms with Crippen LogP contribution in [0.1, 0.15) is 19.8 Å². The van der Waals surface area contributed by atoms with Gasteiger partial charge in [-0.2, -0.15) is 0 Å². The molecule has 0 bridgehead atoms. The van der Waals surface area contributed by atoms with Crippen molar-refractivity contribution in [3.8, 4) is 0 Å². The van der Waals surface area contributed by atoms with Crippen LogP contribution in [0.3, 0.4) is 0 Å². The monoisotopic (exact) mass is 381 g/mol. The summed E-state index contributed by atoms with van der Waals surface area (Å²) in [6.07, 6.45) is 2.25. The van der Waals surface area contributed by atoms with E-state index in [2.05, 4.69) is 11.9 Å². The molecule has 1 saturated heterocycles. The molecule has 2 aromatic carbocycles. The Bertz CT molecular complexity index is 1080. The zero-order valence-electron chi connectivity index (χ0n) is 15.6. The molecule has 0 spiro atoms. The topological polar surface area (TPSA) is 55.2 Å². The summed E-state index contributed by atoms with van der Waals surface area (Å²) in [5, 5.41) is 3.27. The van der Waals surface area contributed by atoms with Crippen molar-refractivity contribution in [2.45, 2.75) is 24.9 Å². The predicted octanol–water partition coefficient (Wildman–Crippen LogP) is 3.44. The molecule has 1 fully saturated rings. The van der Waals surface area contributed by atoms with E-state index in [1.165, 1.54) is 18.2 Å². The summed E-state index contributed by atoms with van der Waals surface area (Å²) < 4.78 is 1.55. The van der Waals surface area contributed by atoms with Gasteiger partial charge in [-0.1, -0.05) is 43.0 Å². The fourth-order valence-electron chi connectivity index (χ4n) is 3.70. The van der Waals surface area contributed by atoms with Crippen molar-refractivity contribution in [3.63, 3.8) is 0 Å². The Labute approximate surface area is 162 Å². The van der Waals surface area contributed by atoms with Crippen LogP contribution < -0.4 is 5.56 Å². The summed E-state index contributed by atoms with van der Waals surface area (Å²) in [6, 6.07) is 11.8. The lowest BCUT2D eigenvalue weighted by Crippen LogP contribution is -2.40. The average molecular weight is 382 g/mol. The van der Waals surface area contributed by atoms with Crippen molar-refractivity contribution >= 4 is 39.3 Å². The van der Waals surface area contributed by atoms with E-state index in [-0.39, 0.29) is 11.5 Å². The highest BCUT2D eigenvalue weighted by atomic mass is 32.2. The molecule has 0 unspecified atom stereocenters. The second-order valence-electron chi connectivity index (χ2n) is 7.35. The molecule has 1 aliphatic heterocycles. The number of hydrogen-bond acceptors (Lipinski definition) is 4. The molecule has 3 aromatic rings. The molecule has 0 saturated carbocycles. The number of carbonyl (C=O) groups excluding carboxylic acids is 1.